The molecule has 0 saturated heterocycles. The molecule has 2 rings (SSSR count). The van der Waals surface area contributed by atoms with Crippen molar-refractivity contribution < 1.29 is 14.6 Å². The van der Waals surface area contributed by atoms with Crippen LogP contribution in [-0.4, -0.2) is 31.0 Å². The Labute approximate surface area is 133 Å². The van der Waals surface area contributed by atoms with Gasteiger partial charge in [0.15, 0.2) is 11.5 Å². The van der Waals surface area contributed by atoms with Crippen LogP contribution in [0.1, 0.15) is 51.0 Å². The third-order valence-electron chi connectivity index (χ3n) is 4.28. The van der Waals surface area contributed by atoms with E-state index in [-0.39, 0.29) is 6.10 Å². The second-order valence-corrected chi connectivity index (χ2v) is 6.07. The fourth-order valence-electron chi connectivity index (χ4n) is 2.81. The number of hydrogen-bond acceptors (Lipinski definition) is 4. The molecule has 0 radical (unpaired) electrons. The molecule has 0 bridgehead atoms. The molecule has 1 aliphatic rings. The van der Waals surface area contributed by atoms with E-state index in [1.54, 1.807) is 7.11 Å². The molecule has 1 aromatic rings. The molecule has 0 amide bonds. The molecule has 0 heterocycles. The van der Waals surface area contributed by atoms with Gasteiger partial charge in [0.1, 0.15) is 0 Å². The van der Waals surface area contributed by atoms with Gasteiger partial charge in [0, 0.05) is 12.6 Å². The van der Waals surface area contributed by atoms with Crippen molar-refractivity contribution in [3.63, 3.8) is 0 Å². The van der Waals surface area contributed by atoms with Crippen molar-refractivity contribution >= 4 is 0 Å². The van der Waals surface area contributed by atoms with Gasteiger partial charge in [-0.25, -0.2) is 0 Å². The molecule has 1 saturated carbocycles. The fraction of sp³-hybridized carbons (Fsp3) is 0.667. The summed E-state index contributed by atoms with van der Waals surface area (Å²) in [7, 11) is 1.68. The van der Waals surface area contributed by atoms with E-state index < -0.39 is 0 Å². The average Bonchev–Trinajstić information content (AvgIpc) is 2.55. The van der Waals surface area contributed by atoms with Gasteiger partial charge in [0.2, 0.25) is 0 Å². The van der Waals surface area contributed by atoms with Crippen molar-refractivity contribution in [2.45, 2.75) is 64.1 Å². The predicted octanol–water partition coefficient (Wildman–Crippen LogP) is 3.27. The highest BCUT2D eigenvalue weighted by Crippen LogP contribution is 2.28. The SMILES string of the molecule is CCCCOc1ccc(CNC2CCC(O)CC2)cc1OC. The second kappa shape index (κ2) is 9.01. The largest absolute Gasteiger partial charge is 0.493 e. The van der Waals surface area contributed by atoms with Gasteiger partial charge in [0.25, 0.3) is 0 Å². The van der Waals surface area contributed by atoms with E-state index in [0.29, 0.717) is 6.04 Å². The van der Waals surface area contributed by atoms with E-state index in [2.05, 4.69) is 18.3 Å². The zero-order chi connectivity index (χ0) is 15.8. The number of unbranched alkanes of at least 4 members (excludes halogenated alkanes) is 1. The maximum Gasteiger partial charge on any atom is 0.161 e. The lowest BCUT2D eigenvalue weighted by atomic mass is 9.93. The number of methoxy groups -OCH3 is 1. The maximum absolute atomic E-state index is 9.54. The molecule has 4 heteroatoms. The van der Waals surface area contributed by atoms with Crippen molar-refractivity contribution in [3.8, 4) is 11.5 Å². The van der Waals surface area contributed by atoms with Gasteiger partial charge < -0.3 is 19.9 Å². The summed E-state index contributed by atoms with van der Waals surface area (Å²) in [6.45, 7) is 3.71. The van der Waals surface area contributed by atoms with E-state index in [1.807, 2.05) is 12.1 Å². The summed E-state index contributed by atoms with van der Waals surface area (Å²) >= 11 is 0. The number of aliphatic hydroxyl groups excluding tert-OH is 1. The summed E-state index contributed by atoms with van der Waals surface area (Å²) in [5.74, 6) is 1.62. The van der Waals surface area contributed by atoms with Crippen LogP contribution in [0.5, 0.6) is 11.5 Å². The van der Waals surface area contributed by atoms with Crippen molar-refractivity contribution in [2.24, 2.45) is 0 Å². The third-order valence-corrected chi connectivity index (χ3v) is 4.28. The number of rotatable bonds is 8. The lowest BCUT2D eigenvalue weighted by Gasteiger charge is -2.26. The molecule has 0 unspecified atom stereocenters. The molecule has 22 heavy (non-hydrogen) atoms. The first-order valence-electron chi connectivity index (χ1n) is 8.44. The van der Waals surface area contributed by atoms with Crippen LogP contribution in [-0.2, 0) is 6.54 Å². The summed E-state index contributed by atoms with van der Waals surface area (Å²) in [6, 6.07) is 6.64. The Morgan fingerprint density at radius 1 is 1.18 bits per heavy atom. The standard InChI is InChI=1S/C18H29NO3/c1-3-4-11-22-17-10-5-14(12-18(17)21-2)13-19-15-6-8-16(20)9-7-15/h5,10,12,15-16,19-20H,3-4,6-9,11,13H2,1-2H3. The van der Waals surface area contributed by atoms with Crippen LogP contribution in [0.3, 0.4) is 0 Å². The Hall–Kier alpha value is -1.26. The minimum absolute atomic E-state index is 0.0994. The van der Waals surface area contributed by atoms with Crippen molar-refractivity contribution in [3.05, 3.63) is 23.8 Å². The second-order valence-electron chi connectivity index (χ2n) is 6.07. The van der Waals surface area contributed by atoms with Crippen LogP contribution in [0.2, 0.25) is 0 Å². The van der Waals surface area contributed by atoms with Crippen molar-refractivity contribution in [1.82, 2.24) is 5.32 Å². The van der Waals surface area contributed by atoms with Crippen LogP contribution in [0.25, 0.3) is 0 Å². The van der Waals surface area contributed by atoms with Crippen LogP contribution < -0.4 is 14.8 Å². The van der Waals surface area contributed by atoms with E-state index in [1.165, 1.54) is 5.56 Å². The number of benzene rings is 1. The van der Waals surface area contributed by atoms with Crippen molar-refractivity contribution in [2.75, 3.05) is 13.7 Å². The minimum Gasteiger partial charge on any atom is -0.493 e. The first-order chi connectivity index (χ1) is 10.7. The molecule has 1 aliphatic carbocycles. The molecule has 0 spiro atoms. The topological polar surface area (TPSA) is 50.7 Å². The summed E-state index contributed by atoms with van der Waals surface area (Å²) < 4.78 is 11.2. The smallest absolute Gasteiger partial charge is 0.161 e. The normalized spacial score (nSPS) is 21.6. The number of ether oxygens (including phenoxy) is 2. The first kappa shape index (κ1) is 17.1. The lowest BCUT2D eigenvalue weighted by molar-refractivity contribution is 0.116. The van der Waals surface area contributed by atoms with Crippen LogP contribution in [0, 0.1) is 0 Å². The fourth-order valence-corrected chi connectivity index (χ4v) is 2.81. The Bertz CT molecular complexity index is 442. The first-order valence-corrected chi connectivity index (χ1v) is 8.44. The quantitative estimate of drug-likeness (QED) is 0.724. The molecule has 1 aromatic carbocycles. The van der Waals surface area contributed by atoms with Gasteiger partial charge in [-0.3, -0.25) is 0 Å². The highest BCUT2D eigenvalue weighted by atomic mass is 16.5. The Balaban J connectivity index is 1.86. The van der Waals surface area contributed by atoms with E-state index in [9.17, 15) is 5.11 Å². The maximum atomic E-state index is 9.54. The Morgan fingerprint density at radius 2 is 1.95 bits per heavy atom. The molecule has 0 aromatic heterocycles. The van der Waals surface area contributed by atoms with Crippen molar-refractivity contribution in [1.29, 1.82) is 0 Å². The zero-order valence-electron chi connectivity index (χ0n) is 13.8. The lowest BCUT2D eigenvalue weighted by Crippen LogP contribution is -2.34. The highest BCUT2D eigenvalue weighted by Gasteiger charge is 2.18. The van der Waals surface area contributed by atoms with Crippen LogP contribution in [0.4, 0.5) is 0 Å². The summed E-state index contributed by atoms with van der Waals surface area (Å²) in [6.07, 6.45) is 6.00. The average molecular weight is 307 g/mol. The van der Waals surface area contributed by atoms with Gasteiger partial charge in [-0.1, -0.05) is 19.4 Å². The summed E-state index contributed by atoms with van der Waals surface area (Å²) in [5.41, 5.74) is 1.20. The minimum atomic E-state index is -0.0994. The molecular formula is C18H29NO3. The zero-order valence-corrected chi connectivity index (χ0v) is 13.8. The molecule has 124 valence electrons. The summed E-state index contributed by atoms with van der Waals surface area (Å²) in [5, 5.41) is 13.1. The molecular weight excluding hydrogens is 278 g/mol. The monoisotopic (exact) mass is 307 g/mol. The third kappa shape index (κ3) is 5.18. The molecule has 4 nitrogen and oxygen atoms in total. The number of aliphatic hydroxyl groups is 1. The van der Waals surface area contributed by atoms with Gasteiger partial charge in [-0.05, 0) is 49.8 Å². The van der Waals surface area contributed by atoms with E-state index in [0.717, 1.165) is 63.2 Å². The van der Waals surface area contributed by atoms with Gasteiger partial charge in [-0.2, -0.15) is 0 Å². The van der Waals surface area contributed by atoms with E-state index >= 15 is 0 Å². The molecule has 0 atom stereocenters. The van der Waals surface area contributed by atoms with E-state index in [4.69, 9.17) is 9.47 Å². The predicted molar refractivity (Wildman–Crippen MR) is 88.5 cm³/mol. The van der Waals surface area contributed by atoms with Gasteiger partial charge >= 0.3 is 0 Å². The Morgan fingerprint density at radius 3 is 2.64 bits per heavy atom. The van der Waals surface area contributed by atoms with Crippen LogP contribution >= 0.6 is 0 Å². The Kier molecular flexibility index (Phi) is 7.00. The summed E-state index contributed by atoms with van der Waals surface area (Å²) in [4.78, 5) is 0. The number of hydrogen-bond donors (Lipinski definition) is 2. The molecule has 0 aliphatic heterocycles. The van der Waals surface area contributed by atoms with Gasteiger partial charge in [0.05, 0.1) is 19.8 Å². The molecule has 1 fully saturated rings. The van der Waals surface area contributed by atoms with Crippen LogP contribution in [0.15, 0.2) is 18.2 Å². The number of nitrogens with one attached hydrogen (secondary N) is 1. The molecule has 2 N–H and O–H groups in total. The highest BCUT2D eigenvalue weighted by molar-refractivity contribution is 5.42. The van der Waals surface area contributed by atoms with Gasteiger partial charge in [-0.15, -0.1) is 0 Å².